The Morgan fingerprint density at radius 3 is 2.71 bits per heavy atom. The van der Waals surface area contributed by atoms with E-state index in [-0.39, 0.29) is 11.3 Å². The molecule has 1 aromatic heterocycles. The van der Waals surface area contributed by atoms with Crippen molar-refractivity contribution in [3.8, 4) is 5.69 Å². The van der Waals surface area contributed by atoms with E-state index in [9.17, 15) is 13.6 Å². The lowest BCUT2D eigenvalue weighted by Crippen LogP contribution is -2.04. The molecule has 2 aromatic rings. The van der Waals surface area contributed by atoms with E-state index in [1.165, 1.54) is 13.0 Å². The van der Waals surface area contributed by atoms with Gasteiger partial charge < -0.3 is 5.11 Å². The predicted octanol–water partition coefficient (Wildman–Crippen LogP) is 1.55. The van der Waals surface area contributed by atoms with E-state index >= 15 is 0 Å². The molecular formula is C10H7F2N3O2. The van der Waals surface area contributed by atoms with Crippen LogP contribution in [-0.2, 0) is 0 Å². The van der Waals surface area contributed by atoms with Gasteiger partial charge >= 0.3 is 5.97 Å². The highest BCUT2D eigenvalue weighted by atomic mass is 19.1. The summed E-state index contributed by atoms with van der Waals surface area (Å²) < 4.78 is 27.9. The van der Waals surface area contributed by atoms with Crippen LogP contribution in [0.3, 0.4) is 0 Å². The van der Waals surface area contributed by atoms with Gasteiger partial charge in [-0.1, -0.05) is 11.3 Å². The van der Waals surface area contributed by atoms with Gasteiger partial charge in [-0.25, -0.2) is 18.3 Å². The second kappa shape index (κ2) is 3.93. The van der Waals surface area contributed by atoms with Gasteiger partial charge in [-0.3, -0.25) is 0 Å². The molecule has 17 heavy (non-hydrogen) atoms. The van der Waals surface area contributed by atoms with Gasteiger partial charge in [0.2, 0.25) is 0 Å². The minimum atomic E-state index is -1.32. The fraction of sp³-hybridized carbons (Fsp3) is 0.100. The molecule has 0 atom stereocenters. The average Bonchev–Trinajstić information content (AvgIpc) is 2.73. The molecule has 0 saturated carbocycles. The molecule has 2 rings (SSSR count). The predicted molar refractivity (Wildman–Crippen MR) is 53.0 cm³/mol. The number of rotatable bonds is 2. The fourth-order valence-electron chi connectivity index (χ4n) is 1.32. The summed E-state index contributed by atoms with van der Waals surface area (Å²) >= 11 is 0. The van der Waals surface area contributed by atoms with Gasteiger partial charge in [0.1, 0.15) is 5.69 Å². The Morgan fingerprint density at radius 1 is 1.41 bits per heavy atom. The van der Waals surface area contributed by atoms with Crippen molar-refractivity contribution in [3.63, 3.8) is 0 Å². The Morgan fingerprint density at radius 2 is 2.12 bits per heavy atom. The van der Waals surface area contributed by atoms with E-state index in [1.807, 2.05) is 0 Å². The van der Waals surface area contributed by atoms with Gasteiger partial charge in [0.15, 0.2) is 17.3 Å². The van der Waals surface area contributed by atoms with Crippen molar-refractivity contribution in [2.24, 2.45) is 0 Å². The van der Waals surface area contributed by atoms with Gasteiger partial charge in [-0.15, -0.1) is 5.10 Å². The van der Waals surface area contributed by atoms with Gasteiger partial charge in [-0.05, 0) is 18.6 Å². The van der Waals surface area contributed by atoms with Gasteiger partial charge in [0.25, 0.3) is 0 Å². The molecule has 1 N–H and O–H groups in total. The molecule has 7 heteroatoms. The third-order valence-corrected chi connectivity index (χ3v) is 2.20. The normalized spacial score (nSPS) is 10.5. The number of hydrogen-bond donors (Lipinski definition) is 1. The first kappa shape index (κ1) is 11.2. The van der Waals surface area contributed by atoms with E-state index in [0.717, 1.165) is 16.9 Å². The smallest absolute Gasteiger partial charge is 0.358 e. The molecule has 0 fully saturated rings. The maximum atomic E-state index is 13.7. The monoisotopic (exact) mass is 239 g/mol. The number of carbonyl (C=O) groups is 1. The molecule has 88 valence electrons. The summed E-state index contributed by atoms with van der Waals surface area (Å²) in [6.45, 7) is 1.47. The molecule has 0 aliphatic carbocycles. The Kier molecular flexibility index (Phi) is 2.58. The molecule has 1 heterocycles. The van der Waals surface area contributed by atoms with Crippen LogP contribution in [0.5, 0.6) is 0 Å². The Bertz CT molecular complexity index is 595. The molecule has 0 amide bonds. The van der Waals surface area contributed by atoms with Crippen molar-refractivity contribution < 1.29 is 18.7 Å². The number of aryl methyl sites for hydroxylation is 1. The number of aromatic nitrogens is 3. The van der Waals surface area contributed by atoms with Crippen molar-refractivity contribution in [3.05, 3.63) is 41.2 Å². The van der Waals surface area contributed by atoms with Crippen molar-refractivity contribution in [2.45, 2.75) is 6.92 Å². The molecule has 0 aliphatic rings. The van der Waals surface area contributed by atoms with E-state index in [1.54, 1.807) is 0 Å². The summed E-state index contributed by atoms with van der Waals surface area (Å²) in [6, 6.07) is 2.36. The highest BCUT2D eigenvalue weighted by Crippen LogP contribution is 2.19. The number of carboxylic acid groups (broad SMARTS) is 1. The molecule has 0 spiro atoms. The second-order valence-electron chi connectivity index (χ2n) is 3.38. The first-order chi connectivity index (χ1) is 8.00. The highest BCUT2D eigenvalue weighted by Gasteiger charge is 2.17. The number of aromatic carboxylic acids is 1. The van der Waals surface area contributed by atoms with Crippen LogP contribution in [0.15, 0.2) is 18.3 Å². The number of carboxylic acids is 1. The molecular weight excluding hydrogens is 232 g/mol. The van der Waals surface area contributed by atoms with E-state index in [2.05, 4.69) is 10.3 Å². The van der Waals surface area contributed by atoms with Crippen LogP contribution in [0.1, 0.15) is 16.1 Å². The van der Waals surface area contributed by atoms with Crippen molar-refractivity contribution in [1.82, 2.24) is 15.0 Å². The zero-order valence-electron chi connectivity index (χ0n) is 8.69. The largest absolute Gasteiger partial charge is 0.476 e. The lowest BCUT2D eigenvalue weighted by molar-refractivity contribution is 0.0690. The van der Waals surface area contributed by atoms with E-state index < -0.39 is 23.3 Å². The summed E-state index contributed by atoms with van der Waals surface area (Å²) in [5.41, 5.74) is -0.593. The third kappa shape index (κ3) is 1.86. The van der Waals surface area contributed by atoms with Crippen molar-refractivity contribution >= 4 is 5.97 Å². The molecule has 0 aliphatic heterocycles. The number of nitrogens with zero attached hydrogens (tertiary/aromatic N) is 3. The quantitative estimate of drug-likeness (QED) is 0.863. The van der Waals surface area contributed by atoms with E-state index in [0.29, 0.717) is 0 Å². The van der Waals surface area contributed by atoms with Crippen LogP contribution in [0.4, 0.5) is 8.78 Å². The topological polar surface area (TPSA) is 68.0 Å². The Balaban J connectivity index is 2.60. The average molecular weight is 239 g/mol. The van der Waals surface area contributed by atoms with Crippen LogP contribution in [0.25, 0.3) is 5.69 Å². The molecule has 0 saturated heterocycles. The molecule has 5 nitrogen and oxygen atoms in total. The zero-order chi connectivity index (χ0) is 12.6. The second-order valence-corrected chi connectivity index (χ2v) is 3.38. The van der Waals surface area contributed by atoms with E-state index in [4.69, 9.17) is 5.11 Å². The lowest BCUT2D eigenvalue weighted by Gasteiger charge is -2.05. The minimum absolute atomic E-state index is 0.230. The summed E-state index contributed by atoms with van der Waals surface area (Å²) in [7, 11) is 0. The molecule has 0 unspecified atom stereocenters. The number of hydrogen-bond acceptors (Lipinski definition) is 3. The molecule has 0 bridgehead atoms. The van der Waals surface area contributed by atoms with Gasteiger partial charge in [-0.2, -0.15) is 0 Å². The van der Waals surface area contributed by atoms with Crippen molar-refractivity contribution in [2.75, 3.05) is 0 Å². The zero-order valence-corrected chi connectivity index (χ0v) is 8.69. The summed E-state index contributed by atoms with van der Waals surface area (Å²) in [4.78, 5) is 10.6. The van der Waals surface area contributed by atoms with Crippen LogP contribution in [0, 0.1) is 18.6 Å². The maximum Gasteiger partial charge on any atom is 0.358 e. The summed E-state index contributed by atoms with van der Waals surface area (Å²) in [5, 5.41) is 15.3. The van der Waals surface area contributed by atoms with Crippen molar-refractivity contribution in [1.29, 1.82) is 0 Å². The molecule has 1 aromatic carbocycles. The fourth-order valence-corrected chi connectivity index (χ4v) is 1.32. The highest BCUT2D eigenvalue weighted by molar-refractivity contribution is 5.84. The maximum absolute atomic E-state index is 13.7. The van der Waals surface area contributed by atoms with Gasteiger partial charge in [0, 0.05) is 0 Å². The van der Waals surface area contributed by atoms with Crippen LogP contribution < -0.4 is 0 Å². The van der Waals surface area contributed by atoms with Crippen LogP contribution in [-0.4, -0.2) is 26.1 Å². The molecule has 0 radical (unpaired) electrons. The van der Waals surface area contributed by atoms with Crippen LogP contribution in [0.2, 0.25) is 0 Å². The third-order valence-electron chi connectivity index (χ3n) is 2.20. The lowest BCUT2D eigenvalue weighted by atomic mass is 10.2. The SMILES string of the molecule is Cc1ccc(F)c(-n2cc(C(=O)O)nn2)c1F. The summed E-state index contributed by atoms with van der Waals surface area (Å²) in [6.07, 6.45) is 0.948. The first-order valence-corrected chi connectivity index (χ1v) is 4.61. The Labute approximate surface area is 94.3 Å². The number of benzene rings is 1. The van der Waals surface area contributed by atoms with Crippen LogP contribution >= 0.6 is 0 Å². The standard InChI is InChI=1S/C10H7F2N3O2/c1-5-2-3-6(11)9(8(5)12)15-4-7(10(16)17)13-14-15/h2-4H,1H3,(H,16,17). The van der Waals surface area contributed by atoms with Gasteiger partial charge in [0.05, 0.1) is 6.20 Å². The minimum Gasteiger partial charge on any atom is -0.476 e. The Hall–Kier alpha value is -2.31. The summed E-state index contributed by atoms with van der Waals surface area (Å²) in [5.74, 6) is -2.95. The number of halogens is 2. The first-order valence-electron chi connectivity index (χ1n) is 4.61.